The van der Waals surface area contributed by atoms with E-state index in [9.17, 15) is 0 Å². The molecule has 4 aromatic carbocycles. The summed E-state index contributed by atoms with van der Waals surface area (Å²) in [5.74, 6) is 3.20. The highest BCUT2D eigenvalue weighted by atomic mass is 16.6. The molecular weight excluding hydrogens is 769 g/mol. The largest absolute Gasteiger partial charge is 0.452 e. The Morgan fingerprint density at radius 3 is 1.06 bits per heavy atom. The molecule has 0 saturated heterocycles. The minimum Gasteiger partial charge on any atom is -0.452 e. The Hall–Kier alpha value is -5.50. The molecule has 8 bridgehead atoms. The molecule has 7 heterocycles. The number of ether oxygens (including phenoxy) is 4. The second-order valence-corrected chi connectivity index (χ2v) is 22.8. The van der Waals surface area contributed by atoms with E-state index in [1.807, 2.05) is 0 Å². The van der Waals surface area contributed by atoms with Gasteiger partial charge < -0.3 is 18.9 Å². The normalized spacial score (nSPS) is 20.8. The average molecular weight is 831 g/mol. The fourth-order valence-electron chi connectivity index (χ4n) is 10.1. The molecule has 0 saturated carbocycles. The van der Waals surface area contributed by atoms with Crippen LogP contribution in [-0.2, 0) is 21.7 Å². The third-order valence-electron chi connectivity index (χ3n) is 14.1. The van der Waals surface area contributed by atoms with Crippen LogP contribution in [0.5, 0.6) is 23.5 Å². The zero-order chi connectivity index (χ0) is 43.4. The van der Waals surface area contributed by atoms with Crippen molar-refractivity contribution in [1.29, 1.82) is 0 Å². The highest BCUT2D eigenvalue weighted by Crippen LogP contribution is 2.47. The van der Waals surface area contributed by atoms with E-state index in [1.54, 1.807) is 0 Å². The van der Waals surface area contributed by atoms with Gasteiger partial charge in [-0.05, 0) is 103 Å². The van der Waals surface area contributed by atoms with Crippen molar-refractivity contribution in [3.05, 3.63) is 130 Å². The molecule has 0 amide bonds. The number of hydrogen-bond donors (Lipinski definition) is 0. The Balaban J connectivity index is 1.12. The fraction of sp³-hybridized carbons (Fsp3) is 0.444. The lowest BCUT2D eigenvalue weighted by atomic mass is 9.78. The van der Waals surface area contributed by atoms with E-state index in [0.29, 0.717) is 26.4 Å². The van der Waals surface area contributed by atoms with Crippen molar-refractivity contribution in [2.75, 3.05) is 26.4 Å². The maximum atomic E-state index is 6.64. The molecule has 8 heteroatoms. The van der Waals surface area contributed by atoms with Gasteiger partial charge in [0.25, 0.3) is 12.7 Å². The number of imidazole rings is 2. The molecular formula is C54H62N4O4+2. The van der Waals surface area contributed by atoms with Crippen molar-refractivity contribution in [2.45, 2.75) is 129 Å². The summed E-state index contributed by atoms with van der Waals surface area (Å²) >= 11 is 0. The summed E-state index contributed by atoms with van der Waals surface area (Å²) in [4.78, 5) is 0. The molecule has 2 aromatic heterocycles. The summed E-state index contributed by atoms with van der Waals surface area (Å²) in [7, 11) is 0. The van der Waals surface area contributed by atoms with Crippen LogP contribution in [0, 0.1) is 0 Å². The Kier molecular flexibility index (Phi) is 8.27. The summed E-state index contributed by atoms with van der Waals surface area (Å²) in [5, 5.41) is 0. The maximum absolute atomic E-state index is 6.64. The van der Waals surface area contributed by atoms with Gasteiger partial charge in [-0.25, -0.2) is 0 Å². The Bertz CT molecular complexity index is 2470. The van der Waals surface area contributed by atoms with E-state index in [0.717, 1.165) is 23.5 Å². The van der Waals surface area contributed by atoms with Gasteiger partial charge in [0.2, 0.25) is 0 Å². The molecule has 5 aliphatic rings. The smallest absolute Gasteiger partial charge is 0.373 e. The van der Waals surface area contributed by atoms with Crippen LogP contribution >= 0.6 is 0 Å². The minimum absolute atomic E-state index is 0.00623. The van der Waals surface area contributed by atoms with Crippen LogP contribution in [0.4, 0.5) is 0 Å². The monoisotopic (exact) mass is 830 g/mol. The van der Waals surface area contributed by atoms with E-state index in [2.05, 4.69) is 187 Å². The molecule has 4 atom stereocenters. The van der Waals surface area contributed by atoms with E-state index >= 15 is 0 Å². The first-order valence-corrected chi connectivity index (χ1v) is 22.6. The number of fused-ring (bicyclic) bond motifs is 10. The molecule has 8 nitrogen and oxygen atoms in total. The van der Waals surface area contributed by atoms with Crippen molar-refractivity contribution in [2.24, 2.45) is 0 Å². The lowest BCUT2D eigenvalue weighted by molar-refractivity contribution is -0.697. The van der Waals surface area contributed by atoms with Gasteiger partial charge in [0.15, 0.2) is 24.2 Å². The maximum Gasteiger partial charge on any atom is 0.373 e. The zero-order valence-corrected chi connectivity index (χ0v) is 38.6. The van der Waals surface area contributed by atoms with Gasteiger partial charge in [-0.15, -0.1) is 0 Å². The molecule has 0 fully saturated rings. The molecule has 6 aromatic rings. The van der Waals surface area contributed by atoms with Crippen molar-refractivity contribution >= 4 is 0 Å². The van der Waals surface area contributed by atoms with Crippen LogP contribution in [0.2, 0.25) is 0 Å². The molecule has 5 aliphatic heterocycles. The van der Waals surface area contributed by atoms with Crippen molar-refractivity contribution in [3.8, 4) is 45.8 Å². The van der Waals surface area contributed by atoms with Gasteiger partial charge in [0, 0.05) is 22.3 Å². The van der Waals surface area contributed by atoms with Crippen molar-refractivity contribution < 1.29 is 28.1 Å². The van der Waals surface area contributed by atoms with Crippen molar-refractivity contribution in [1.82, 2.24) is 9.13 Å². The Labute approximate surface area is 367 Å². The number of nitrogens with zero attached hydrogens (tertiary/aromatic N) is 4. The second kappa shape index (κ2) is 13.0. The van der Waals surface area contributed by atoms with E-state index < -0.39 is 0 Å². The number of rotatable bonds is 2. The van der Waals surface area contributed by atoms with E-state index in [1.165, 1.54) is 66.8 Å². The summed E-state index contributed by atoms with van der Waals surface area (Å²) < 4.78 is 35.8. The highest BCUT2D eigenvalue weighted by Gasteiger charge is 2.48. The SMILES string of the molecule is CC(C)(C)c1cc(-c2cc3cc(c2)C2COc4c5[n+](cn42)C(CO5)c2cc(-c4cc(C(C)(C)C)cc(C(C)(C)C)c4)cc(c2)C2COc4c5n(c[n+]42)C3CO5)cc(C(C)(C)C)c1. The van der Waals surface area contributed by atoms with E-state index in [-0.39, 0.29) is 45.8 Å². The second-order valence-electron chi connectivity index (χ2n) is 22.8. The predicted molar refractivity (Wildman–Crippen MR) is 242 cm³/mol. The minimum atomic E-state index is -0.0387. The first-order valence-electron chi connectivity index (χ1n) is 22.6. The summed E-state index contributed by atoms with van der Waals surface area (Å²) in [5.41, 5.74) is 15.0. The number of benzene rings is 4. The van der Waals surface area contributed by atoms with Crippen LogP contribution in [0.25, 0.3) is 22.3 Å². The lowest BCUT2D eigenvalue weighted by Gasteiger charge is -2.26. The van der Waals surface area contributed by atoms with Crippen LogP contribution in [0.1, 0.15) is 152 Å². The summed E-state index contributed by atoms with van der Waals surface area (Å²) in [6.07, 6.45) is 4.50. The van der Waals surface area contributed by atoms with Crippen LogP contribution < -0.4 is 28.1 Å². The zero-order valence-electron chi connectivity index (χ0n) is 38.6. The van der Waals surface area contributed by atoms with Crippen LogP contribution in [-0.4, -0.2) is 35.6 Å². The number of aromatic nitrogens is 4. The molecule has 0 N–H and O–H groups in total. The average Bonchev–Trinajstić information content (AvgIpc) is 4.05. The fourth-order valence-corrected chi connectivity index (χ4v) is 10.1. The quantitative estimate of drug-likeness (QED) is 0.163. The van der Waals surface area contributed by atoms with Crippen LogP contribution in [0.3, 0.4) is 0 Å². The molecule has 4 unspecified atom stereocenters. The highest BCUT2D eigenvalue weighted by molar-refractivity contribution is 5.70. The number of hydrogen-bond acceptors (Lipinski definition) is 4. The first kappa shape index (κ1) is 39.4. The van der Waals surface area contributed by atoms with Gasteiger partial charge in [-0.1, -0.05) is 119 Å². The lowest BCUT2D eigenvalue weighted by Crippen LogP contribution is -2.38. The molecule has 0 aliphatic carbocycles. The van der Waals surface area contributed by atoms with Gasteiger partial charge in [-0.3, -0.25) is 0 Å². The van der Waals surface area contributed by atoms with Gasteiger partial charge in [-0.2, -0.15) is 18.3 Å². The Morgan fingerprint density at radius 1 is 0.387 bits per heavy atom. The standard InChI is InChI=1S/C54H62N4O4/c1-51(2,3)39-19-33(20-40(23-39)52(4,5)6)31-13-35-17-36(14-31)44-26-60-48-50-58(30-56(44)48)46(28-62-50)38-16-32(34-21-41(53(7,8)9)24-42(22-34)54(10,11)12)15-37(18-38)45-27-61-49-47-55(29-57(45)49)43(35)25-59-47/h13-24,29-30,43-46H,25-28H2,1-12H3/q+2. The van der Waals surface area contributed by atoms with Crippen molar-refractivity contribution in [3.63, 3.8) is 0 Å². The predicted octanol–water partition coefficient (Wildman–Crippen LogP) is 10.6. The Morgan fingerprint density at radius 2 is 0.710 bits per heavy atom. The summed E-state index contributed by atoms with van der Waals surface area (Å²) in [6.45, 7) is 29.9. The van der Waals surface area contributed by atoms with Crippen LogP contribution in [0.15, 0.2) is 85.5 Å². The molecule has 0 spiro atoms. The third-order valence-corrected chi connectivity index (χ3v) is 14.1. The molecule has 320 valence electrons. The third kappa shape index (κ3) is 6.21. The topological polar surface area (TPSA) is 54.5 Å². The first-order chi connectivity index (χ1) is 29.2. The molecule has 0 radical (unpaired) electrons. The van der Waals surface area contributed by atoms with Gasteiger partial charge >= 0.3 is 23.5 Å². The van der Waals surface area contributed by atoms with E-state index in [4.69, 9.17) is 18.9 Å². The molecule has 11 rings (SSSR count). The summed E-state index contributed by atoms with van der Waals surface area (Å²) in [6, 6.07) is 28.6. The van der Waals surface area contributed by atoms with Gasteiger partial charge in [0.1, 0.15) is 26.4 Å². The molecule has 62 heavy (non-hydrogen) atoms. The van der Waals surface area contributed by atoms with Gasteiger partial charge in [0.05, 0.1) is 0 Å².